The van der Waals surface area contributed by atoms with Gasteiger partial charge >= 0.3 is 0 Å². The van der Waals surface area contributed by atoms with Gasteiger partial charge in [-0.15, -0.1) is 0 Å². The zero-order chi connectivity index (χ0) is 17.5. The van der Waals surface area contributed by atoms with Crippen LogP contribution < -0.4 is 5.32 Å². The molecule has 0 saturated carbocycles. The van der Waals surface area contributed by atoms with Crippen LogP contribution in [0.4, 0.5) is 0 Å². The lowest BCUT2D eigenvalue weighted by Crippen LogP contribution is -2.47. The zero-order valence-corrected chi connectivity index (χ0v) is 14.3. The highest BCUT2D eigenvalue weighted by molar-refractivity contribution is 5.94. The third kappa shape index (κ3) is 4.56. The molecule has 0 bridgehead atoms. The Morgan fingerprint density at radius 2 is 1.88 bits per heavy atom. The van der Waals surface area contributed by atoms with Crippen molar-refractivity contribution in [3.63, 3.8) is 0 Å². The van der Waals surface area contributed by atoms with Gasteiger partial charge in [0.15, 0.2) is 0 Å². The van der Waals surface area contributed by atoms with Gasteiger partial charge in [-0.2, -0.15) is 5.26 Å². The van der Waals surface area contributed by atoms with Crippen LogP contribution in [0.1, 0.15) is 36.2 Å². The monoisotopic (exact) mass is 328 g/mol. The Hall–Kier alpha value is -2.39. The Labute approximate surface area is 143 Å². The first-order valence-electron chi connectivity index (χ1n) is 8.32. The van der Waals surface area contributed by atoms with Gasteiger partial charge in [0, 0.05) is 50.7 Å². The van der Waals surface area contributed by atoms with E-state index in [0.29, 0.717) is 24.1 Å². The summed E-state index contributed by atoms with van der Waals surface area (Å²) in [4.78, 5) is 28.5. The summed E-state index contributed by atoms with van der Waals surface area (Å²) in [6.07, 6.45) is 0.334. The van der Waals surface area contributed by atoms with Gasteiger partial charge in [0.25, 0.3) is 5.91 Å². The van der Waals surface area contributed by atoms with Gasteiger partial charge in [0.05, 0.1) is 11.6 Å². The van der Waals surface area contributed by atoms with E-state index in [9.17, 15) is 9.59 Å². The second-order valence-corrected chi connectivity index (χ2v) is 6.16. The highest BCUT2D eigenvalue weighted by Gasteiger charge is 2.22. The van der Waals surface area contributed by atoms with Gasteiger partial charge in [-0.25, -0.2) is 0 Å². The molecule has 6 heteroatoms. The molecular formula is C18H24N4O2. The number of rotatable bonds is 5. The molecule has 1 fully saturated rings. The first-order valence-corrected chi connectivity index (χ1v) is 8.32. The standard InChI is InChI=1S/C18H24N4O2/c1-14(2)22(10-7-17(23)21-11-8-20-9-12-21)18(24)16-5-3-15(13-19)4-6-16/h3-6,14,20H,7-12H2,1-2H3. The number of amides is 2. The molecule has 1 aliphatic rings. The Bertz CT molecular complexity index is 613. The molecule has 1 saturated heterocycles. The summed E-state index contributed by atoms with van der Waals surface area (Å²) in [5.74, 6) is -0.0163. The van der Waals surface area contributed by atoms with Crippen molar-refractivity contribution in [1.29, 1.82) is 5.26 Å². The fourth-order valence-electron chi connectivity index (χ4n) is 2.74. The molecule has 6 nitrogen and oxygen atoms in total. The lowest BCUT2D eigenvalue weighted by atomic mass is 10.1. The van der Waals surface area contributed by atoms with Crippen LogP contribution in [0.5, 0.6) is 0 Å². The summed E-state index contributed by atoms with van der Waals surface area (Å²) in [6, 6.07) is 8.64. The second kappa shape index (κ2) is 8.46. The molecule has 0 spiro atoms. The molecular weight excluding hydrogens is 304 g/mol. The molecule has 0 aromatic heterocycles. The Morgan fingerprint density at radius 1 is 1.25 bits per heavy atom. The fraction of sp³-hybridized carbons (Fsp3) is 0.500. The lowest BCUT2D eigenvalue weighted by Gasteiger charge is -2.30. The summed E-state index contributed by atoms with van der Waals surface area (Å²) >= 11 is 0. The maximum absolute atomic E-state index is 12.7. The predicted octanol–water partition coefficient (Wildman–Crippen LogP) is 1.23. The predicted molar refractivity (Wildman–Crippen MR) is 91.4 cm³/mol. The van der Waals surface area contributed by atoms with Gasteiger partial charge in [0.1, 0.15) is 0 Å². The lowest BCUT2D eigenvalue weighted by molar-refractivity contribution is -0.132. The summed E-state index contributed by atoms with van der Waals surface area (Å²) in [7, 11) is 0. The van der Waals surface area contributed by atoms with Crippen LogP contribution in [0.25, 0.3) is 0 Å². The molecule has 0 unspecified atom stereocenters. The van der Waals surface area contributed by atoms with Gasteiger partial charge in [0.2, 0.25) is 5.91 Å². The van der Waals surface area contributed by atoms with Gasteiger partial charge in [-0.05, 0) is 38.1 Å². The Balaban J connectivity index is 1.98. The maximum atomic E-state index is 12.7. The van der Waals surface area contributed by atoms with E-state index in [4.69, 9.17) is 5.26 Å². The number of nitriles is 1. The fourth-order valence-corrected chi connectivity index (χ4v) is 2.74. The third-order valence-electron chi connectivity index (χ3n) is 4.18. The van der Waals surface area contributed by atoms with Crippen LogP contribution in [0.2, 0.25) is 0 Å². The molecule has 1 aromatic carbocycles. The number of carbonyl (C=O) groups excluding carboxylic acids is 2. The average Bonchev–Trinajstić information content (AvgIpc) is 2.62. The van der Waals surface area contributed by atoms with Crippen molar-refractivity contribution in [2.24, 2.45) is 0 Å². The van der Waals surface area contributed by atoms with Crippen LogP contribution in [0.15, 0.2) is 24.3 Å². The number of nitrogens with zero attached hydrogens (tertiary/aromatic N) is 3. The van der Waals surface area contributed by atoms with Crippen molar-refractivity contribution in [1.82, 2.24) is 15.1 Å². The first kappa shape index (κ1) is 18.0. The van der Waals surface area contributed by atoms with E-state index in [1.165, 1.54) is 0 Å². The normalized spacial score (nSPS) is 14.3. The molecule has 2 rings (SSSR count). The zero-order valence-electron chi connectivity index (χ0n) is 14.3. The maximum Gasteiger partial charge on any atom is 0.254 e. The molecule has 1 aliphatic heterocycles. The number of benzene rings is 1. The Kier molecular flexibility index (Phi) is 6.33. The quantitative estimate of drug-likeness (QED) is 0.882. The van der Waals surface area contributed by atoms with E-state index in [1.807, 2.05) is 24.8 Å². The average molecular weight is 328 g/mol. The Morgan fingerprint density at radius 3 is 2.42 bits per heavy atom. The van der Waals surface area contributed by atoms with E-state index in [0.717, 1.165) is 26.2 Å². The minimum absolute atomic E-state index is 0.00367. The third-order valence-corrected chi connectivity index (χ3v) is 4.18. The number of carbonyl (C=O) groups is 2. The first-order chi connectivity index (χ1) is 11.5. The molecule has 0 atom stereocenters. The largest absolute Gasteiger partial charge is 0.340 e. The van der Waals surface area contributed by atoms with Crippen molar-refractivity contribution in [2.75, 3.05) is 32.7 Å². The molecule has 1 aromatic rings. The van der Waals surface area contributed by atoms with E-state index in [1.54, 1.807) is 29.2 Å². The van der Waals surface area contributed by atoms with Crippen LogP contribution in [-0.2, 0) is 4.79 Å². The van der Waals surface area contributed by atoms with Crippen LogP contribution >= 0.6 is 0 Å². The van der Waals surface area contributed by atoms with Crippen molar-refractivity contribution in [3.8, 4) is 6.07 Å². The van der Waals surface area contributed by atoms with Crippen molar-refractivity contribution < 1.29 is 9.59 Å². The van der Waals surface area contributed by atoms with Gasteiger partial charge in [-0.3, -0.25) is 9.59 Å². The summed E-state index contributed by atoms with van der Waals surface area (Å²) in [5, 5.41) is 12.1. The molecule has 1 N–H and O–H groups in total. The molecule has 1 heterocycles. The second-order valence-electron chi connectivity index (χ2n) is 6.16. The van der Waals surface area contributed by atoms with Gasteiger partial charge in [-0.1, -0.05) is 0 Å². The van der Waals surface area contributed by atoms with Crippen LogP contribution in [0.3, 0.4) is 0 Å². The summed E-state index contributed by atoms with van der Waals surface area (Å²) < 4.78 is 0. The minimum Gasteiger partial charge on any atom is -0.340 e. The number of piperazine rings is 1. The van der Waals surface area contributed by atoms with Crippen molar-refractivity contribution in [3.05, 3.63) is 35.4 Å². The van der Waals surface area contributed by atoms with Crippen molar-refractivity contribution in [2.45, 2.75) is 26.3 Å². The molecule has 24 heavy (non-hydrogen) atoms. The smallest absolute Gasteiger partial charge is 0.254 e. The number of hydrogen-bond donors (Lipinski definition) is 1. The van der Waals surface area contributed by atoms with E-state index < -0.39 is 0 Å². The number of nitrogens with one attached hydrogen (secondary N) is 1. The molecule has 2 amide bonds. The minimum atomic E-state index is -0.109. The highest BCUT2D eigenvalue weighted by Crippen LogP contribution is 2.11. The molecule has 0 aliphatic carbocycles. The van der Waals surface area contributed by atoms with E-state index in [-0.39, 0.29) is 17.9 Å². The van der Waals surface area contributed by atoms with Crippen LogP contribution in [-0.4, -0.2) is 60.4 Å². The van der Waals surface area contributed by atoms with Crippen LogP contribution in [0, 0.1) is 11.3 Å². The highest BCUT2D eigenvalue weighted by atomic mass is 16.2. The molecule has 0 radical (unpaired) electrons. The SMILES string of the molecule is CC(C)N(CCC(=O)N1CCNCC1)C(=O)c1ccc(C#N)cc1. The van der Waals surface area contributed by atoms with Crippen molar-refractivity contribution >= 4 is 11.8 Å². The number of hydrogen-bond acceptors (Lipinski definition) is 4. The molecule has 128 valence electrons. The summed E-state index contributed by atoms with van der Waals surface area (Å²) in [6.45, 7) is 7.38. The van der Waals surface area contributed by atoms with E-state index in [2.05, 4.69) is 5.32 Å². The van der Waals surface area contributed by atoms with E-state index >= 15 is 0 Å². The topological polar surface area (TPSA) is 76.4 Å². The summed E-state index contributed by atoms with van der Waals surface area (Å²) in [5.41, 5.74) is 1.06. The van der Waals surface area contributed by atoms with Gasteiger partial charge < -0.3 is 15.1 Å².